The minimum Gasteiger partial charge on any atom is -0.489 e. The zero-order valence-electron chi connectivity index (χ0n) is 22.6. The monoisotopic (exact) mass is 602 g/mol. The number of hydrogen-bond donors (Lipinski definition) is 0. The number of carbonyl (C=O) groups is 2. The fourth-order valence-electron chi connectivity index (χ4n) is 4.44. The summed E-state index contributed by atoms with van der Waals surface area (Å²) in [4.78, 5) is 25.6. The summed E-state index contributed by atoms with van der Waals surface area (Å²) in [6.07, 6.45) is 6.43. The topological polar surface area (TPSA) is 61.8 Å². The van der Waals surface area contributed by atoms with E-state index in [0.717, 1.165) is 0 Å². The number of ether oxygens (including phenoxy) is 3. The van der Waals surface area contributed by atoms with Crippen LogP contribution in [0.5, 0.6) is 11.5 Å². The molecule has 0 fully saturated rings. The van der Waals surface area contributed by atoms with E-state index < -0.39 is 23.7 Å². The first-order chi connectivity index (χ1) is 19.7. The normalized spacial score (nSPS) is 16.5. The highest BCUT2D eigenvalue weighted by Gasteiger charge is 2.24. The number of Topliss-reactive ketones (excluding diaryl/α,β-unsaturated/α-hetero) is 1. The van der Waals surface area contributed by atoms with Crippen molar-refractivity contribution in [3.8, 4) is 11.5 Å². The molecule has 1 aliphatic heterocycles. The van der Waals surface area contributed by atoms with Crippen molar-refractivity contribution in [2.24, 2.45) is 0 Å². The number of fused-ring (bicyclic) bond motifs is 1. The number of allylic oxidation sites excluding steroid dienone is 1. The van der Waals surface area contributed by atoms with Gasteiger partial charge in [0.05, 0.1) is 16.1 Å². The van der Waals surface area contributed by atoms with Crippen molar-refractivity contribution in [2.75, 3.05) is 0 Å². The van der Waals surface area contributed by atoms with Crippen LogP contribution in [0, 0.1) is 11.6 Å². The third-order valence-corrected chi connectivity index (χ3v) is 7.40. The highest BCUT2D eigenvalue weighted by molar-refractivity contribution is 6.31. The minimum absolute atomic E-state index is 0.0839. The molecular formula is C32H30Cl2F2O5. The summed E-state index contributed by atoms with van der Waals surface area (Å²) in [6.45, 7) is 1.31. The van der Waals surface area contributed by atoms with Gasteiger partial charge >= 0.3 is 5.97 Å². The van der Waals surface area contributed by atoms with Crippen molar-refractivity contribution in [1.29, 1.82) is 0 Å². The van der Waals surface area contributed by atoms with E-state index in [-0.39, 0.29) is 57.2 Å². The molecule has 0 saturated carbocycles. The lowest BCUT2D eigenvalue weighted by Crippen LogP contribution is -2.18. The highest BCUT2D eigenvalue weighted by Crippen LogP contribution is 2.34. The number of ketones is 1. The van der Waals surface area contributed by atoms with E-state index in [1.54, 1.807) is 31.2 Å². The molecule has 0 aromatic heterocycles. The highest BCUT2D eigenvalue weighted by atomic mass is 35.5. The van der Waals surface area contributed by atoms with Crippen LogP contribution in [-0.4, -0.2) is 17.9 Å². The van der Waals surface area contributed by atoms with Gasteiger partial charge in [-0.2, -0.15) is 0 Å². The number of rotatable bonds is 6. The first-order valence-corrected chi connectivity index (χ1v) is 14.2. The van der Waals surface area contributed by atoms with Crippen molar-refractivity contribution in [3.63, 3.8) is 0 Å². The van der Waals surface area contributed by atoms with Crippen molar-refractivity contribution in [3.05, 3.63) is 98.5 Å². The average Bonchev–Trinajstić information content (AvgIpc) is 2.91. The summed E-state index contributed by atoms with van der Waals surface area (Å²) < 4.78 is 46.5. The maximum atomic E-state index is 14.5. The summed E-state index contributed by atoms with van der Waals surface area (Å²) in [7, 11) is 0. The van der Waals surface area contributed by atoms with Crippen molar-refractivity contribution in [2.45, 2.75) is 64.8 Å². The van der Waals surface area contributed by atoms with Gasteiger partial charge in [-0.15, -0.1) is 0 Å². The van der Waals surface area contributed by atoms with Crippen LogP contribution < -0.4 is 9.47 Å². The van der Waals surface area contributed by atoms with Gasteiger partial charge in [-0.05, 0) is 68.5 Å². The Kier molecular flexibility index (Phi) is 10.8. The van der Waals surface area contributed by atoms with Gasteiger partial charge in [-0.1, -0.05) is 47.5 Å². The Hall–Kier alpha value is -3.42. The van der Waals surface area contributed by atoms with Crippen molar-refractivity contribution >= 4 is 41.0 Å². The lowest BCUT2D eigenvalue weighted by molar-refractivity contribution is -0.119. The van der Waals surface area contributed by atoms with E-state index in [1.807, 2.05) is 6.08 Å². The molecule has 0 saturated heterocycles. The molecule has 41 heavy (non-hydrogen) atoms. The Morgan fingerprint density at radius 2 is 1.54 bits per heavy atom. The molecule has 1 aliphatic rings. The fraction of sp³-hybridized carbons (Fsp3) is 0.312. The number of esters is 1. The smallest absolute Gasteiger partial charge is 0.342 e. The quantitative estimate of drug-likeness (QED) is 0.264. The lowest BCUT2D eigenvalue weighted by Gasteiger charge is -2.19. The summed E-state index contributed by atoms with van der Waals surface area (Å²) >= 11 is 12.4. The van der Waals surface area contributed by atoms with Gasteiger partial charge in [-0.25, -0.2) is 13.6 Å². The molecule has 0 spiro atoms. The Balaban J connectivity index is 1.74. The van der Waals surface area contributed by atoms with Crippen LogP contribution in [0.4, 0.5) is 8.78 Å². The molecule has 0 radical (unpaired) electrons. The molecule has 3 aromatic carbocycles. The third kappa shape index (κ3) is 8.30. The second-order valence-electron chi connectivity index (χ2n) is 9.80. The zero-order chi connectivity index (χ0) is 29.4. The Morgan fingerprint density at radius 1 is 0.902 bits per heavy atom. The van der Waals surface area contributed by atoms with Crippen LogP contribution >= 0.6 is 23.2 Å². The Labute approximate surface area is 248 Å². The number of hydrogen-bond acceptors (Lipinski definition) is 5. The Morgan fingerprint density at radius 3 is 2.20 bits per heavy atom. The standard InChI is InChI=1S/C32H30Cl2F2O5/c1-20-8-5-11-22(37)10-4-2-3-9-21-16-23(39-18-24-26(33)12-6-14-28(24)35)17-30(31(21)32(38)41-20)40-19-25-27(34)13-7-15-29(25)36/h3,6-7,9,12-17,20H,2,4-5,8,10-11,18-19H2,1H3/t20-/m0/s1. The molecular weight excluding hydrogens is 573 g/mol. The predicted molar refractivity (Wildman–Crippen MR) is 155 cm³/mol. The first-order valence-electron chi connectivity index (χ1n) is 13.4. The molecule has 0 unspecified atom stereocenters. The van der Waals surface area contributed by atoms with Crippen LogP contribution in [-0.2, 0) is 22.7 Å². The van der Waals surface area contributed by atoms with E-state index >= 15 is 0 Å². The second kappa shape index (κ2) is 14.5. The van der Waals surface area contributed by atoms with Crippen LogP contribution in [0.3, 0.4) is 0 Å². The van der Waals surface area contributed by atoms with Crippen LogP contribution in [0.25, 0.3) is 6.08 Å². The van der Waals surface area contributed by atoms with Crippen molar-refractivity contribution < 1.29 is 32.6 Å². The number of cyclic esters (lactones) is 1. The van der Waals surface area contributed by atoms with Gasteiger partial charge in [0.1, 0.15) is 47.7 Å². The summed E-state index contributed by atoms with van der Waals surface area (Å²) in [6, 6.07) is 11.7. The zero-order valence-corrected chi connectivity index (χ0v) is 24.1. The van der Waals surface area contributed by atoms with E-state index in [0.29, 0.717) is 44.1 Å². The first kappa shape index (κ1) is 30.5. The molecule has 216 valence electrons. The van der Waals surface area contributed by atoms with Gasteiger partial charge in [0.2, 0.25) is 0 Å². The maximum Gasteiger partial charge on any atom is 0.342 e. The molecule has 3 aromatic rings. The number of benzene rings is 3. The molecule has 4 rings (SSSR count). The molecule has 0 bridgehead atoms. The number of halogens is 4. The summed E-state index contributed by atoms with van der Waals surface area (Å²) in [5.74, 6) is -1.19. The lowest BCUT2D eigenvalue weighted by atomic mass is 10.0. The van der Waals surface area contributed by atoms with Crippen molar-refractivity contribution in [1.82, 2.24) is 0 Å². The van der Waals surface area contributed by atoms with Gasteiger partial charge in [0.15, 0.2) is 0 Å². The molecule has 5 nitrogen and oxygen atoms in total. The van der Waals surface area contributed by atoms with Crippen LogP contribution in [0.15, 0.2) is 54.6 Å². The van der Waals surface area contributed by atoms with E-state index in [9.17, 15) is 18.4 Å². The Bertz CT molecular complexity index is 1400. The number of carbonyl (C=O) groups excluding carboxylic acids is 2. The maximum absolute atomic E-state index is 14.5. The third-order valence-electron chi connectivity index (χ3n) is 6.69. The van der Waals surface area contributed by atoms with Gasteiger partial charge in [-0.3, -0.25) is 4.79 Å². The molecule has 0 N–H and O–H groups in total. The van der Waals surface area contributed by atoms with E-state index in [2.05, 4.69) is 0 Å². The largest absolute Gasteiger partial charge is 0.489 e. The molecule has 0 aliphatic carbocycles. The summed E-state index contributed by atoms with van der Waals surface area (Å²) in [5, 5.41) is 0.384. The van der Waals surface area contributed by atoms with Crippen LogP contribution in [0.2, 0.25) is 10.0 Å². The SMILES string of the molecule is C[C@H]1CCCC(=O)CCCC=Cc2cc(OCc3c(F)cccc3Cl)cc(OCc3c(F)cccc3Cl)c2C(=O)O1. The minimum atomic E-state index is -0.640. The van der Waals surface area contributed by atoms with E-state index in [4.69, 9.17) is 37.4 Å². The second-order valence-corrected chi connectivity index (χ2v) is 10.6. The van der Waals surface area contributed by atoms with Crippen LogP contribution in [0.1, 0.15) is 72.5 Å². The predicted octanol–water partition coefficient (Wildman–Crippen LogP) is 8.91. The molecule has 0 amide bonds. The molecule has 1 heterocycles. The van der Waals surface area contributed by atoms with E-state index in [1.165, 1.54) is 30.3 Å². The van der Waals surface area contributed by atoms with Gasteiger partial charge in [0.25, 0.3) is 0 Å². The molecule has 9 heteroatoms. The molecule has 1 atom stereocenters. The van der Waals surface area contributed by atoms with Gasteiger partial charge in [0, 0.05) is 30.0 Å². The summed E-state index contributed by atoms with van der Waals surface area (Å²) in [5.41, 5.74) is 0.848. The van der Waals surface area contributed by atoms with Gasteiger partial charge < -0.3 is 14.2 Å². The average molecular weight is 603 g/mol. The fourth-order valence-corrected chi connectivity index (χ4v) is 4.88.